The van der Waals surface area contributed by atoms with E-state index in [4.69, 9.17) is 22.1 Å². The van der Waals surface area contributed by atoms with Crippen LogP contribution in [-0.2, 0) is 10.3 Å². The zero-order valence-corrected chi connectivity index (χ0v) is 18.1. The molecule has 0 bridgehead atoms. The summed E-state index contributed by atoms with van der Waals surface area (Å²) in [6.07, 6.45) is 1.05. The molecule has 1 spiro atoms. The number of hydrogen-bond donors (Lipinski definition) is 2. The number of alkyl halides is 2. The van der Waals surface area contributed by atoms with Crippen molar-refractivity contribution >= 4 is 29.2 Å². The van der Waals surface area contributed by atoms with Gasteiger partial charge in [0.2, 0.25) is 5.92 Å². The number of aliphatic imine (C=N–C) groups is 1. The quantitative estimate of drug-likeness (QED) is 0.664. The van der Waals surface area contributed by atoms with Gasteiger partial charge in [0.15, 0.2) is 0 Å². The Morgan fingerprint density at radius 1 is 1.19 bits per heavy atom. The van der Waals surface area contributed by atoms with Gasteiger partial charge in [-0.3, -0.25) is 4.79 Å². The molecule has 1 amide bonds. The van der Waals surface area contributed by atoms with Crippen molar-refractivity contribution in [2.24, 2.45) is 10.7 Å². The smallest absolute Gasteiger partial charge is 0.283 e. The van der Waals surface area contributed by atoms with E-state index in [-0.39, 0.29) is 49.4 Å². The van der Waals surface area contributed by atoms with E-state index >= 15 is 0 Å². The van der Waals surface area contributed by atoms with Crippen molar-refractivity contribution in [3.63, 3.8) is 0 Å². The number of nitrogens with two attached hydrogens (primary N) is 1. The van der Waals surface area contributed by atoms with Gasteiger partial charge >= 0.3 is 0 Å². The third-order valence-electron chi connectivity index (χ3n) is 6.00. The number of rotatable bonds is 3. The molecule has 2 aliphatic rings. The number of ether oxygens (including phenoxy) is 1. The fourth-order valence-electron chi connectivity index (χ4n) is 4.42. The zero-order chi connectivity index (χ0) is 23.1. The van der Waals surface area contributed by atoms with Crippen molar-refractivity contribution in [3.05, 3.63) is 58.6 Å². The highest BCUT2D eigenvalue weighted by Crippen LogP contribution is 2.49. The van der Waals surface area contributed by atoms with E-state index < -0.39 is 28.8 Å². The van der Waals surface area contributed by atoms with Gasteiger partial charge in [-0.05, 0) is 50.1 Å². The molecular formula is C22H22ClF3N4O2. The number of hydrogen-bond acceptors (Lipinski definition) is 5. The van der Waals surface area contributed by atoms with Crippen molar-refractivity contribution in [1.29, 1.82) is 0 Å². The van der Waals surface area contributed by atoms with Gasteiger partial charge in [-0.25, -0.2) is 23.1 Å². The van der Waals surface area contributed by atoms with Crippen LogP contribution in [0, 0.1) is 5.82 Å². The predicted molar refractivity (Wildman–Crippen MR) is 114 cm³/mol. The first-order chi connectivity index (χ1) is 15.0. The highest BCUT2D eigenvalue weighted by atomic mass is 35.5. The van der Waals surface area contributed by atoms with Crippen molar-refractivity contribution in [1.82, 2.24) is 4.98 Å². The lowest BCUT2D eigenvalue weighted by atomic mass is 9.72. The number of anilines is 1. The Morgan fingerprint density at radius 2 is 1.91 bits per heavy atom. The number of carbonyl (C=O) groups is 1. The van der Waals surface area contributed by atoms with Gasteiger partial charge in [-0.2, -0.15) is 0 Å². The molecule has 1 fully saturated rings. The third-order valence-corrected chi connectivity index (χ3v) is 6.23. The molecule has 3 N–H and O–H groups in total. The Morgan fingerprint density at radius 3 is 2.56 bits per heavy atom. The molecule has 0 saturated heterocycles. The Balaban J connectivity index is 1.61. The van der Waals surface area contributed by atoms with Crippen LogP contribution in [0.15, 0.2) is 41.5 Å². The molecule has 1 aliphatic carbocycles. The molecule has 0 radical (unpaired) electrons. The number of amides is 1. The molecule has 1 aliphatic heterocycles. The summed E-state index contributed by atoms with van der Waals surface area (Å²) in [7, 11) is 0. The van der Waals surface area contributed by atoms with Gasteiger partial charge in [-0.1, -0.05) is 11.6 Å². The summed E-state index contributed by atoms with van der Waals surface area (Å²) in [6.45, 7) is 1.68. The zero-order valence-electron chi connectivity index (χ0n) is 17.3. The summed E-state index contributed by atoms with van der Waals surface area (Å²) in [5, 5.41) is 3.06. The summed E-state index contributed by atoms with van der Waals surface area (Å²) < 4.78 is 48.1. The number of carbonyl (C=O) groups excluding carboxylic acids is 1. The highest BCUT2D eigenvalue weighted by Gasteiger charge is 2.51. The second kappa shape index (κ2) is 7.95. The summed E-state index contributed by atoms with van der Waals surface area (Å²) in [6, 6.07) is 6.94. The molecule has 1 aromatic carbocycles. The SMILES string of the molecule is C[C@@]1(c2cc(NC(=O)c3ccc(Cl)cn3)ccc2F)CC2(CCC(F)(F)CC2)OC(N)=N1. The first-order valence-electron chi connectivity index (χ1n) is 10.1. The largest absolute Gasteiger partial charge is 0.459 e. The predicted octanol–water partition coefficient (Wildman–Crippen LogP) is 5.02. The van der Waals surface area contributed by atoms with Crippen LogP contribution in [0.4, 0.5) is 18.9 Å². The standard InChI is InChI=1S/C22H22ClF3N4O2/c1-20(12-21(32-19(27)30-20)6-8-22(25,26)9-7-21)15-10-14(3-4-16(15)24)29-18(31)17-5-2-13(23)11-28-17/h2-5,10-11H,6-9,12H2,1H3,(H2,27,30)(H,29,31)/t20-/m0/s1. The number of aromatic nitrogens is 1. The maximum absolute atomic E-state index is 14.9. The van der Waals surface area contributed by atoms with Crippen molar-refractivity contribution < 1.29 is 22.7 Å². The Hall–Kier alpha value is -2.81. The Kier molecular flexibility index (Phi) is 5.56. The third kappa shape index (κ3) is 4.53. The van der Waals surface area contributed by atoms with E-state index in [1.54, 1.807) is 6.92 Å². The van der Waals surface area contributed by atoms with Crippen LogP contribution in [0.25, 0.3) is 0 Å². The van der Waals surface area contributed by atoms with E-state index in [9.17, 15) is 18.0 Å². The molecule has 1 atom stereocenters. The summed E-state index contributed by atoms with van der Waals surface area (Å²) in [5.74, 6) is -3.80. The first kappa shape index (κ1) is 22.4. The monoisotopic (exact) mass is 466 g/mol. The number of pyridine rings is 1. The molecule has 170 valence electrons. The van der Waals surface area contributed by atoms with Gasteiger partial charge in [0, 0.05) is 36.7 Å². The van der Waals surface area contributed by atoms with Crippen LogP contribution in [0.2, 0.25) is 5.02 Å². The van der Waals surface area contributed by atoms with Crippen LogP contribution >= 0.6 is 11.6 Å². The molecule has 32 heavy (non-hydrogen) atoms. The van der Waals surface area contributed by atoms with Crippen LogP contribution in [0.1, 0.15) is 55.1 Å². The van der Waals surface area contributed by atoms with E-state index in [1.807, 2.05) is 0 Å². The molecule has 1 saturated carbocycles. The molecular weight excluding hydrogens is 445 g/mol. The molecule has 10 heteroatoms. The number of benzene rings is 1. The fraction of sp³-hybridized carbons (Fsp3) is 0.409. The van der Waals surface area contributed by atoms with Crippen LogP contribution in [-0.4, -0.2) is 28.4 Å². The molecule has 1 aromatic heterocycles. The van der Waals surface area contributed by atoms with Gasteiger partial charge in [0.25, 0.3) is 11.9 Å². The van der Waals surface area contributed by atoms with Crippen LogP contribution in [0.3, 0.4) is 0 Å². The van der Waals surface area contributed by atoms with E-state index in [0.29, 0.717) is 10.7 Å². The molecule has 4 rings (SSSR count). The van der Waals surface area contributed by atoms with Crippen molar-refractivity contribution in [3.8, 4) is 0 Å². The average molecular weight is 467 g/mol. The minimum absolute atomic E-state index is 0.0894. The minimum atomic E-state index is -2.75. The topological polar surface area (TPSA) is 89.6 Å². The maximum Gasteiger partial charge on any atom is 0.283 e. The maximum atomic E-state index is 14.9. The molecule has 6 nitrogen and oxygen atoms in total. The van der Waals surface area contributed by atoms with Crippen LogP contribution in [0.5, 0.6) is 0 Å². The molecule has 0 unspecified atom stereocenters. The molecule has 2 aromatic rings. The summed E-state index contributed by atoms with van der Waals surface area (Å²) in [4.78, 5) is 20.8. The van der Waals surface area contributed by atoms with E-state index in [2.05, 4.69) is 15.3 Å². The van der Waals surface area contributed by atoms with Gasteiger partial charge in [-0.15, -0.1) is 0 Å². The number of nitrogens with zero attached hydrogens (tertiary/aromatic N) is 2. The lowest BCUT2D eigenvalue weighted by Gasteiger charge is -2.47. The van der Waals surface area contributed by atoms with Gasteiger partial charge in [0.05, 0.1) is 10.6 Å². The number of halogens is 4. The first-order valence-corrected chi connectivity index (χ1v) is 10.5. The Labute approximate surface area is 188 Å². The highest BCUT2D eigenvalue weighted by molar-refractivity contribution is 6.30. The second-order valence-electron chi connectivity index (χ2n) is 8.55. The van der Waals surface area contributed by atoms with Crippen molar-refractivity contribution in [2.45, 2.75) is 56.1 Å². The Bertz CT molecular complexity index is 1070. The lowest BCUT2D eigenvalue weighted by Crippen LogP contribution is -2.51. The summed E-state index contributed by atoms with van der Waals surface area (Å²) in [5.41, 5.74) is 4.46. The second-order valence-corrected chi connectivity index (χ2v) is 8.99. The molecule has 2 heterocycles. The van der Waals surface area contributed by atoms with Gasteiger partial charge < -0.3 is 15.8 Å². The lowest BCUT2D eigenvalue weighted by molar-refractivity contribution is -0.112. The van der Waals surface area contributed by atoms with Crippen molar-refractivity contribution in [2.75, 3.05) is 5.32 Å². The normalized spacial score (nSPS) is 23.8. The number of amidine groups is 1. The average Bonchev–Trinajstić information content (AvgIpc) is 2.72. The van der Waals surface area contributed by atoms with Crippen LogP contribution < -0.4 is 11.1 Å². The van der Waals surface area contributed by atoms with E-state index in [0.717, 1.165) is 0 Å². The fourth-order valence-corrected chi connectivity index (χ4v) is 4.53. The van der Waals surface area contributed by atoms with E-state index in [1.165, 1.54) is 36.5 Å². The number of nitrogens with one attached hydrogen (secondary N) is 1. The summed E-state index contributed by atoms with van der Waals surface area (Å²) >= 11 is 5.79. The minimum Gasteiger partial charge on any atom is -0.459 e. The van der Waals surface area contributed by atoms with Gasteiger partial charge in [0.1, 0.15) is 17.1 Å².